The number of nitrogens with zero attached hydrogens (tertiary/aromatic N) is 1. The fourth-order valence-corrected chi connectivity index (χ4v) is 1.52. The summed E-state index contributed by atoms with van der Waals surface area (Å²) in [4.78, 5) is 20.6. The first-order chi connectivity index (χ1) is 9.24. The highest BCUT2D eigenvalue weighted by atomic mass is 19.1. The molecular weight excluding hydrogens is 269 g/mol. The van der Waals surface area contributed by atoms with Crippen LogP contribution in [0.1, 0.15) is 26.7 Å². The van der Waals surface area contributed by atoms with Gasteiger partial charge >= 0.3 is 5.97 Å². The van der Waals surface area contributed by atoms with Crippen molar-refractivity contribution >= 4 is 11.7 Å². The highest BCUT2D eigenvalue weighted by molar-refractivity contribution is 5.73. The topological polar surface area (TPSA) is 89.7 Å². The molecule has 110 valence electrons. The van der Waals surface area contributed by atoms with Gasteiger partial charge in [-0.15, -0.1) is 0 Å². The Balaban J connectivity index is 2.51. The van der Waals surface area contributed by atoms with E-state index in [4.69, 9.17) is 9.84 Å². The van der Waals surface area contributed by atoms with Crippen LogP contribution >= 0.6 is 0 Å². The van der Waals surface area contributed by atoms with Crippen LogP contribution in [-0.4, -0.2) is 22.6 Å². The minimum Gasteiger partial charge on any atom is -0.491 e. The molecule has 0 aliphatic heterocycles. The van der Waals surface area contributed by atoms with Crippen LogP contribution < -0.4 is 4.74 Å². The summed E-state index contributed by atoms with van der Waals surface area (Å²) in [6.45, 7) is 3.34. The van der Waals surface area contributed by atoms with Gasteiger partial charge in [0.15, 0.2) is 11.6 Å². The second-order valence-corrected chi connectivity index (χ2v) is 5.01. The number of hydrogen-bond donors (Lipinski definition) is 1. The molecule has 0 aromatic heterocycles. The Morgan fingerprint density at radius 2 is 2.15 bits per heavy atom. The lowest BCUT2D eigenvalue weighted by molar-refractivity contribution is -0.385. The molecular formula is C13H16FNO5. The molecule has 1 aromatic rings. The highest BCUT2D eigenvalue weighted by Gasteiger charge is 2.26. The number of rotatable bonds is 7. The van der Waals surface area contributed by atoms with Crippen LogP contribution in [0.5, 0.6) is 5.75 Å². The molecule has 0 aliphatic rings. The molecule has 0 aliphatic carbocycles. The summed E-state index contributed by atoms with van der Waals surface area (Å²) in [5.41, 5.74) is -1.21. The van der Waals surface area contributed by atoms with E-state index in [2.05, 4.69) is 0 Å². The maximum atomic E-state index is 13.5. The highest BCUT2D eigenvalue weighted by Crippen LogP contribution is 2.25. The first-order valence-corrected chi connectivity index (χ1v) is 6.04. The van der Waals surface area contributed by atoms with Gasteiger partial charge in [-0.25, -0.2) is 4.39 Å². The third kappa shape index (κ3) is 4.18. The summed E-state index contributed by atoms with van der Waals surface area (Å²) < 4.78 is 18.6. The molecule has 1 aromatic carbocycles. The average molecular weight is 285 g/mol. The van der Waals surface area contributed by atoms with Crippen molar-refractivity contribution in [2.75, 3.05) is 6.61 Å². The summed E-state index contributed by atoms with van der Waals surface area (Å²) in [6.07, 6.45) is 0.826. The van der Waals surface area contributed by atoms with Gasteiger partial charge in [0.2, 0.25) is 0 Å². The summed E-state index contributed by atoms with van der Waals surface area (Å²) in [5, 5.41) is 19.4. The molecule has 0 unspecified atom stereocenters. The average Bonchev–Trinajstić information content (AvgIpc) is 2.35. The van der Waals surface area contributed by atoms with Crippen molar-refractivity contribution < 1.29 is 24.0 Å². The molecule has 0 heterocycles. The lowest BCUT2D eigenvalue weighted by atomic mass is 9.88. The van der Waals surface area contributed by atoms with Crippen LogP contribution in [0, 0.1) is 21.3 Å². The maximum absolute atomic E-state index is 13.5. The molecule has 7 heteroatoms. The number of carboxylic acid groups (broad SMARTS) is 1. The lowest BCUT2D eigenvalue weighted by Gasteiger charge is -2.18. The molecule has 0 saturated heterocycles. The van der Waals surface area contributed by atoms with Crippen molar-refractivity contribution in [3.05, 3.63) is 34.1 Å². The predicted molar refractivity (Wildman–Crippen MR) is 69.2 cm³/mol. The Labute approximate surface area is 115 Å². The number of carboxylic acids is 1. The van der Waals surface area contributed by atoms with Gasteiger partial charge in [0.05, 0.1) is 23.0 Å². The van der Waals surface area contributed by atoms with Gasteiger partial charge in [-0.1, -0.05) is 0 Å². The van der Waals surface area contributed by atoms with Gasteiger partial charge in [-0.05, 0) is 32.8 Å². The van der Waals surface area contributed by atoms with E-state index in [1.807, 2.05) is 0 Å². The number of carbonyl (C=O) groups is 1. The number of ether oxygens (including phenoxy) is 1. The van der Waals surface area contributed by atoms with Gasteiger partial charge in [-0.3, -0.25) is 14.9 Å². The van der Waals surface area contributed by atoms with E-state index < -0.39 is 22.1 Å². The molecule has 0 bridgehead atoms. The quantitative estimate of drug-likeness (QED) is 0.472. The van der Waals surface area contributed by atoms with Gasteiger partial charge in [0, 0.05) is 6.07 Å². The van der Waals surface area contributed by atoms with Crippen molar-refractivity contribution in [2.45, 2.75) is 26.7 Å². The molecule has 0 saturated carbocycles. The van der Waals surface area contributed by atoms with Crippen LogP contribution in [-0.2, 0) is 4.79 Å². The number of non-ortho nitro benzene ring substituents is 1. The van der Waals surface area contributed by atoms with Gasteiger partial charge < -0.3 is 9.84 Å². The fraction of sp³-hybridized carbons (Fsp3) is 0.462. The zero-order valence-electron chi connectivity index (χ0n) is 11.3. The van der Waals surface area contributed by atoms with Crippen molar-refractivity contribution in [3.63, 3.8) is 0 Å². The third-order valence-electron chi connectivity index (χ3n) is 2.91. The van der Waals surface area contributed by atoms with Crippen LogP contribution in [0.15, 0.2) is 18.2 Å². The number of nitro benzene ring substituents is 1. The Morgan fingerprint density at radius 3 is 2.65 bits per heavy atom. The normalized spacial score (nSPS) is 11.2. The molecule has 20 heavy (non-hydrogen) atoms. The van der Waals surface area contributed by atoms with E-state index in [9.17, 15) is 19.3 Å². The maximum Gasteiger partial charge on any atom is 0.309 e. The van der Waals surface area contributed by atoms with E-state index in [1.165, 1.54) is 6.07 Å². The zero-order valence-corrected chi connectivity index (χ0v) is 11.3. The zero-order chi connectivity index (χ0) is 15.3. The molecule has 0 atom stereocenters. The molecule has 6 nitrogen and oxygen atoms in total. The molecule has 0 fully saturated rings. The molecule has 0 spiro atoms. The van der Waals surface area contributed by atoms with Gasteiger partial charge in [0.25, 0.3) is 5.69 Å². The Kier molecular flexibility index (Phi) is 5.01. The Morgan fingerprint density at radius 1 is 1.50 bits per heavy atom. The summed E-state index contributed by atoms with van der Waals surface area (Å²) in [5.74, 6) is -1.79. The second kappa shape index (κ2) is 6.31. The standard InChI is InChI=1S/C13H16FNO5/c1-13(2,12(16)17)6-3-7-20-11-5-4-9(15(18)19)8-10(11)14/h4-5,8H,3,6-7H2,1-2H3,(H,16,17). The van der Waals surface area contributed by atoms with E-state index in [-0.39, 0.29) is 18.0 Å². The third-order valence-corrected chi connectivity index (χ3v) is 2.91. The van der Waals surface area contributed by atoms with E-state index in [0.29, 0.717) is 12.8 Å². The van der Waals surface area contributed by atoms with Crippen LogP contribution in [0.2, 0.25) is 0 Å². The smallest absolute Gasteiger partial charge is 0.309 e. The van der Waals surface area contributed by atoms with E-state index in [1.54, 1.807) is 13.8 Å². The molecule has 1 N–H and O–H groups in total. The lowest BCUT2D eigenvalue weighted by Crippen LogP contribution is -2.24. The van der Waals surface area contributed by atoms with Crippen LogP contribution in [0.25, 0.3) is 0 Å². The first-order valence-electron chi connectivity index (χ1n) is 6.04. The van der Waals surface area contributed by atoms with Crippen molar-refractivity contribution in [2.24, 2.45) is 5.41 Å². The van der Waals surface area contributed by atoms with Crippen molar-refractivity contribution in [1.29, 1.82) is 0 Å². The van der Waals surface area contributed by atoms with E-state index >= 15 is 0 Å². The van der Waals surface area contributed by atoms with Crippen molar-refractivity contribution in [3.8, 4) is 5.75 Å². The van der Waals surface area contributed by atoms with Crippen molar-refractivity contribution in [1.82, 2.24) is 0 Å². The van der Waals surface area contributed by atoms with Crippen LogP contribution in [0.3, 0.4) is 0 Å². The molecule has 1 rings (SSSR count). The molecule has 0 amide bonds. The SMILES string of the molecule is CC(C)(CCCOc1ccc([N+](=O)[O-])cc1F)C(=O)O. The number of nitro groups is 1. The minimum absolute atomic E-state index is 0.0799. The summed E-state index contributed by atoms with van der Waals surface area (Å²) in [6, 6.07) is 3.13. The van der Waals surface area contributed by atoms with Crippen LogP contribution in [0.4, 0.5) is 10.1 Å². The summed E-state index contributed by atoms with van der Waals surface area (Å²) >= 11 is 0. The number of benzene rings is 1. The number of hydrogen-bond acceptors (Lipinski definition) is 4. The first kappa shape index (κ1) is 15.9. The van der Waals surface area contributed by atoms with E-state index in [0.717, 1.165) is 12.1 Å². The predicted octanol–water partition coefficient (Wildman–Crippen LogP) is 3.00. The fourth-order valence-electron chi connectivity index (χ4n) is 1.52. The van der Waals surface area contributed by atoms with Gasteiger partial charge in [-0.2, -0.15) is 0 Å². The molecule has 0 radical (unpaired) electrons. The second-order valence-electron chi connectivity index (χ2n) is 5.01. The minimum atomic E-state index is -0.904. The number of halogens is 1. The largest absolute Gasteiger partial charge is 0.491 e. The Bertz CT molecular complexity index is 515. The monoisotopic (exact) mass is 285 g/mol. The summed E-state index contributed by atoms with van der Waals surface area (Å²) in [7, 11) is 0. The number of aliphatic carboxylic acids is 1. The Hall–Kier alpha value is -2.18. The van der Waals surface area contributed by atoms with Gasteiger partial charge in [0.1, 0.15) is 0 Å².